The second-order valence-corrected chi connectivity index (χ2v) is 8.40. The molecule has 4 aromatic heterocycles. The molecule has 0 fully saturated rings. The van der Waals surface area contributed by atoms with Crippen LogP contribution < -0.4 is 10.2 Å². The third-order valence-electron chi connectivity index (χ3n) is 5.66. The molecule has 0 bridgehead atoms. The molecule has 36 heavy (non-hydrogen) atoms. The van der Waals surface area contributed by atoms with Crippen LogP contribution in [0, 0.1) is 0 Å². The van der Waals surface area contributed by atoms with Gasteiger partial charge in [-0.25, -0.2) is 24.0 Å². The molecule has 5 heterocycles. The quantitative estimate of drug-likeness (QED) is 0.388. The van der Waals surface area contributed by atoms with E-state index < -0.39 is 53.1 Å². The first-order valence-corrected chi connectivity index (χ1v) is 10.3. The molecule has 0 saturated carbocycles. The van der Waals surface area contributed by atoms with Crippen LogP contribution in [0.5, 0.6) is 0 Å². The summed E-state index contributed by atoms with van der Waals surface area (Å²) in [6.07, 6.45) is -5.46. The van der Waals surface area contributed by atoms with Crippen LogP contribution in [0.4, 0.5) is 42.5 Å². The van der Waals surface area contributed by atoms with Crippen molar-refractivity contribution in [2.75, 3.05) is 16.8 Å². The number of urea groups is 1. The SMILES string of the molecule is CC1(C(F)(F)F)CN(C(=O)Nc2cnc(-n3ccnn3)c(C(F)(F)F)c2)c2cnc3cc(Cl)nn3c21. The maximum atomic E-state index is 14.2. The van der Waals surface area contributed by atoms with Gasteiger partial charge >= 0.3 is 18.4 Å². The molecule has 10 nitrogen and oxygen atoms in total. The molecule has 0 aliphatic carbocycles. The fourth-order valence-corrected chi connectivity index (χ4v) is 4.09. The minimum atomic E-state index is -4.89. The van der Waals surface area contributed by atoms with Crippen LogP contribution >= 0.6 is 11.6 Å². The summed E-state index contributed by atoms with van der Waals surface area (Å²) in [5.74, 6) is -0.601. The first-order valence-electron chi connectivity index (χ1n) is 9.93. The van der Waals surface area contributed by atoms with Gasteiger partial charge < -0.3 is 5.32 Å². The highest BCUT2D eigenvalue weighted by atomic mass is 35.5. The fraction of sp³-hybridized carbons (Fsp3) is 0.263. The molecule has 5 rings (SSSR count). The number of pyridine rings is 1. The van der Waals surface area contributed by atoms with Crippen LogP contribution in [0.1, 0.15) is 18.2 Å². The summed E-state index contributed by atoms with van der Waals surface area (Å²) >= 11 is 5.84. The van der Waals surface area contributed by atoms with E-state index in [9.17, 15) is 31.1 Å². The van der Waals surface area contributed by atoms with E-state index in [-0.39, 0.29) is 16.5 Å². The summed E-state index contributed by atoms with van der Waals surface area (Å²) in [4.78, 5) is 21.5. The molecule has 1 N–H and O–H groups in total. The number of carbonyl (C=O) groups excluding carboxylic acids is 1. The molecule has 188 valence electrons. The number of nitrogens with one attached hydrogen (secondary N) is 1. The number of aromatic nitrogens is 7. The van der Waals surface area contributed by atoms with E-state index in [1.165, 1.54) is 6.07 Å². The summed E-state index contributed by atoms with van der Waals surface area (Å²) in [6.45, 7) is -0.00308. The van der Waals surface area contributed by atoms with Gasteiger partial charge in [0.1, 0.15) is 11.0 Å². The maximum Gasteiger partial charge on any atom is 0.420 e. The first-order chi connectivity index (χ1) is 16.8. The Kier molecular flexibility index (Phi) is 5.14. The summed E-state index contributed by atoms with van der Waals surface area (Å²) in [7, 11) is 0. The molecule has 1 aliphatic rings. The van der Waals surface area contributed by atoms with Gasteiger partial charge in [0.05, 0.1) is 41.9 Å². The van der Waals surface area contributed by atoms with Crippen molar-refractivity contribution in [1.29, 1.82) is 0 Å². The molecular weight excluding hydrogens is 520 g/mol. The molecule has 17 heteroatoms. The number of alkyl halides is 6. The Hall–Kier alpha value is -3.95. The average molecular weight is 532 g/mol. The van der Waals surface area contributed by atoms with Gasteiger partial charge in [0.15, 0.2) is 16.6 Å². The van der Waals surface area contributed by atoms with E-state index in [1.807, 2.05) is 0 Å². The molecule has 2 amide bonds. The molecule has 1 unspecified atom stereocenters. The standard InChI is InChI=1S/C19H12ClF6N9O/c1-17(19(24,25)26)8-33(11-7-27-13-5-12(20)31-35(13)14(11)17)16(36)30-9-4-10(18(21,22)23)15(28-6-9)34-3-2-29-32-34/h2-7H,8H2,1H3,(H,30,36). The van der Waals surface area contributed by atoms with E-state index in [2.05, 4.69) is 30.7 Å². The van der Waals surface area contributed by atoms with E-state index in [1.54, 1.807) is 0 Å². The van der Waals surface area contributed by atoms with Crippen LogP contribution in [0.2, 0.25) is 5.15 Å². The summed E-state index contributed by atoms with van der Waals surface area (Å²) < 4.78 is 85.2. The summed E-state index contributed by atoms with van der Waals surface area (Å²) in [6, 6.07) is 0.714. The minimum Gasteiger partial charge on any atom is -0.306 e. The Labute approximate surface area is 201 Å². The lowest BCUT2D eigenvalue weighted by atomic mass is 9.88. The molecule has 0 saturated heterocycles. The van der Waals surface area contributed by atoms with Crippen molar-refractivity contribution in [3.63, 3.8) is 0 Å². The predicted octanol–water partition coefficient (Wildman–Crippen LogP) is 4.25. The molecule has 4 aromatic rings. The van der Waals surface area contributed by atoms with Gasteiger partial charge in [-0.05, 0) is 13.0 Å². The smallest absolute Gasteiger partial charge is 0.306 e. The topological polar surface area (TPSA) is 106 Å². The average Bonchev–Trinajstić information content (AvgIpc) is 3.50. The third kappa shape index (κ3) is 3.68. The highest BCUT2D eigenvalue weighted by Crippen LogP contribution is 2.50. The first kappa shape index (κ1) is 23.8. The van der Waals surface area contributed by atoms with Crippen LogP contribution in [-0.2, 0) is 11.6 Å². The maximum absolute atomic E-state index is 14.2. The Bertz CT molecular complexity index is 1480. The van der Waals surface area contributed by atoms with E-state index in [0.717, 1.165) is 45.8 Å². The van der Waals surface area contributed by atoms with Crippen LogP contribution in [-0.4, -0.2) is 53.3 Å². The molecule has 1 atom stereocenters. The summed E-state index contributed by atoms with van der Waals surface area (Å²) in [5.41, 5.74) is -4.83. The number of amides is 2. The molecule has 0 spiro atoms. The normalized spacial score (nSPS) is 18.1. The lowest BCUT2D eigenvalue weighted by Gasteiger charge is -2.28. The van der Waals surface area contributed by atoms with Crippen LogP contribution in [0.15, 0.2) is 36.9 Å². The van der Waals surface area contributed by atoms with E-state index >= 15 is 0 Å². The third-order valence-corrected chi connectivity index (χ3v) is 5.84. The van der Waals surface area contributed by atoms with E-state index in [0.29, 0.717) is 6.07 Å². The number of anilines is 2. The monoisotopic (exact) mass is 531 g/mol. The molecule has 1 aliphatic heterocycles. The van der Waals surface area contributed by atoms with Gasteiger partial charge in [-0.15, -0.1) is 5.10 Å². The predicted molar refractivity (Wildman–Crippen MR) is 112 cm³/mol. The largest absolute Gasteiger partial charge is 0.420 e. The van der Waals surface area contributed by atoms with E-state index in [4.69, 9.17) is 11.6 Å². The van der Waals surface area contributed by atoms with Crippen molar-refractivity contribution in [2.24, 2.45) is 0 Å². The lowest BCUT2D eigenvalue weighted by Crippen LogP contribution is -2.46. The highest BCUT2D eigenvalue weighted by Gasteiger charge is 2.60. The van der Waals surface area contributed by atoms with Crippen molar-refractivity contribution in [1.82, 2.24) is 34.6 Å². The van der Waals surface area contributed by atoms with Crippen LogP contribution in [0.3, 0.4) is 0 Å². The van der Waals surface area contributed by atoms with Gasteiger partial charge in [0.2, 0.25) is 0 Å². The number of nitrogens with zero attached hydrogens (tertiary/aromatic N) is 8. The Morgan fingerprint density at radius 3 is 2.53 bits per heavy atom. The second-order valence-electron chi connectivity index (χ2n) is 8.02. The van der Waals surface area contributed by atoms with Crippen molar-refractivity contribution in [3.8, 4) is 5.82 Å². The van der Waals surface area contributed by atoms with Crippen molar-refractivity contribution >= 4 is 34.7 Å². The van der Waals surface area contributed by atoms with Crippen molar-refractivity contribution in [3.05, 3.63) is 53.3 Å². The van der Waals surface area contributed by atoms with Gasteiger partial charge in [0.25, 0.3) is 0 Å². The number of halogens is 7. The zero-order chi connectivity index (χ0) is 26.0. The molecule has 0 aromatic carbocycles. The van der Waals surface area contributed by atoms with Crippen molar-refractivity contribution in [2.45, 2.75) is 24.7 Å². The Morgan fingerprint density at radius 2 is 1.89 bits per heavy atom. The molecular formula is C19H12ClF6N9O. The zero-order valence-electron chi connectivity index (χ0n) is 17.8. The molecule has 0 radical (unpaired) electrons. The second kappa shape index (κ2) is 7.78. The number of carbonyl (C=O) groups is 1. The van der Waals surface area contributed by atoms with Gasteiger partial charge in [0, 0.05) is 12.6 Å². The minimum absolute atomic E-state index is 0.0270. The Balaban J connectivity index is 1.54. The Morgan fingerprint density at radius 1 is 1.14 bits per heavy atom. The van der Waals surface area contributed by atoms with Gasteiger partial charge in [-0.2, -0.15) is 31.4 Å². The van der Waals surface area contributed by atoms with Crippen molar-refractivity contribution < 1.29 is 31.1 Å². The van der Waals surface area contributed by atoms with Crippen LogP contribution in [0.25, 0.3) is 11.5 Å². The number of rotatable bonds is 2. The van der Waals surface area contributed by atoms with Gasteiger partial charge in [-0.1, -0.05) is 16.8 Å². The summed E-state index contributed by atoms with van der Waals surface area (Å²) in [5, 5.41) is 12.8. The van der Waals surface area contributed by atoms with Gasteiger partial charge in [-0.3, -0.25) is 4.90 Å². The number of hydrogen-bond acceptors (Lipinski definition) is 6. The number of hydrogen-bond donors (Lipinski definition) is 1. The number of fused-ring (bicyclic) bond motifs is 3. The lowest BCUT2D eigenvalue weighted by molar-refractivity contribution is -0.181. The zero-order valence-corrected chi connectivity index (χ0v) is 18.6. The highest BCUT2D eigenvalue weighted by molar-refractivity contribution is 6.29. The fourth-order valence-electron chi connectivity index (χ4n) is 3.92.